The number of rotatable bonds is 7. The summed E-state index contributed by atoms with van der Waals surface area (Å²) in [5.74, 6) is 2.79. The lowest BCUT2D eigenvalue weighted by Gasteiger charge is -2.32. The third-order valence-electron chi connectivity index (χ3n) is 3.98. The zero-order valence-corrected chi connectivity index (χ0v) is 13.7. The number of nitrogens with one attached hydrogen (secondary N) is 2. The normalized spacial score (nSPS) is 16.9. The van der Waals surface area contributed by atoms with Crippen molar-refractivity contribution in [1.82, 2.24) is 14.9 Å². The number of nitrogens with zero attached hydrogens (tertiary/aromatic N) is 3. The third kappa shape index (κ3) is 4.84. The minimum Gasteiger partial charge on any atom is -0.373 e. The molecule has 1 aliphatic rings. The first kappa shape index (κ1) is 16.0. The van der Waals surface area contributed by atoms with Gasteiger partial charge in [0.25, 0.3) is 0 Å². The number of hydrogen-bond donors (Lipinski definition) is 2. The van der Waals surface area contributed by atoms with E-state index in [2.05, 4.69) is 39.3 Å². The molecule has 1 aliphatic heterocycles. The van der Waals surface area contributed by atoms with E-state index in [4.69, 9.17) is 0 Å². The van der Waals surface area contributed by atoms with E-state index in [-0.39, 0.29) is 0 Å². The van der Waals surface area contributed by atoms with Crippen molar-refractivity contribution in [3.05, 3.63) is 11.9 Å². The molecular weight excluding hydrogens is 262 g/mol. The van der Waals surface area contributed by atoms with E-state index in [0.29, 0.717) is 6.04 Å². The molecule has 0 atom stereocenters. The molecule has 0 radical (unpaired) electrons. The van der Waals surface area contributed by atoms with E-state index in [1.165, 1.54) is 38.9 Å². The van der Waals surface area contributed by atoms with Gasteiger partial charge < -0.3 is 15.5 Å². The van der Waals surface area contributed by atoms with Crippen LogP contribution in [-0.2, 0) is 6.42 Å². The Labute approximate surface area is 128 Å². The lowest BCUT2D eigenvalue weighted by atomic mass is 10.0. The van der Waals surface area contributed by atoms with Gasteiger partial charge in [-0.15, -0.1) is 0 Å². The van der Waals surface area contributed by atoms with Crippen LogP contribution in [-0.4, -0.2) is 47.6 Å². The van der Waals surface area contributed by atoms with Crippen LogP contribution in [0, 0.1) is 0 Å². The highest BCUT2D eigenvalue weighted by Crippen LogP contribution is 2.18. The van der Waals surface area contributed by atoms with Crippen LogP contribution in [0.25, 0.3) is 0 Å². The van der Waals surface area contributed by atoms with Crippen LogP contribution in [0.1, 0.15) is 45.4 Å². The molecule has 21 heavy (non-hydrogen) atoms. The summed E-state index contributed by atoms with van der Waals surface area (Å²) in [7, 11) is 1.91. The van der Waals surface area contributed by atoms with Crippen LogP contribution in [0.5, 0.6) is 0 Å². The Morgan fingerprint density at radius 3 is 2.48 bits per heavy atom. The minimum atomic E-state index is 0.534. The topological polar surface area (TPSA) is 53.1 Å². The highest BCUT2D eigenvalue weighted by atomic mass is 15.2. The van der Waals surface area contributed by atoms with Crippen LogP contribution >= 0.6 is 0 Å². The molecular formula is C16H29N5. The van der Waals surface area contributed by atoms with Crippen molar-refractivity contribution in [2.75, 3.05) is 37.3 Å². The lowest BCUT2D eigenvalue weighted by molar-refractivity contribution is 0.219. The van der Waals surface area contributed by atoms with Crippen molar-refractivity contribution in [1.29, 1.82) is 0 Å². The van der Waals surface area contributed by atoms with Gasteiger partial charge in [0.15, 0.2) is 0 Å². The second-order valence-electron chi connectivity index (χ2n) is 5.81. The summed E-state index contributed by atoms with van der Waals surface area (Å²) in [6, 6.07) is 2.55. The Balaban J connectivity index is 1.94. The number of likely N-dealkylation sites (tertiary alicyclic amines) is 1. The second kappa shape index (κ2) is 8.17. The van der Waals surface area contributed by atoms with Gasteiger partial charge >= 0.3 is 0 Å². The molecule has 5 heteroatoms. The van der Waals surface area contributed by atoms with Gasteiger partial charge in [-0.3, -0.25) is 0 Å². The molecule has 1 fully saturated rings. The fourth-order valence-corrected chi connectivity index (χ4v) is 2.86. The van der Waals surface area contributed by atoms with E-state index in [9.17, 15) is 0 Å². The first-order chi connectivity index (χ1) is 10.2. The average Bonchev–Trinajstić information content (AvgIpc) is 2.49. The number of hydrogen-bond acceptors (Lipinski definition) is 5. The van der Waals surface area contributed by atoms with Gasteiger partial charge in [-0.25, -0.2) is 9.97 Å². The fraction of sp³-hybridized carbons (Fsp3) is 0.750. The van der Waals surface area contributed by atoms with Crippen LogP contribution in [0.4, 0.5) is 11.6 Å². The van der Waals surface area contributed by atoms with E-state index in [0.717, 1.165) is 30.3 Å². The van der Waals surface area contributed by atoms with Gasteiger partial charge in [0.2, 0.25) is 0 Å². The van der Waals surface area contributed by atoms with E-state index in [1.54, 1.807) is 0 Å². The van der Waals surface area contributed by atoms with Crippen molar-refractivity contribution in [3.8, 4) is 0 Å². The molecule has 1 aromatic heterocycles. The highest BCUT2D eigenvalue weighted by molar-refractivity contribution is 5.47. The van der Waals surface area contributed by atoms with Crippen molar-refractivity contribution >= 4 is 11.6 Å². The molecule has 1 saturated heterocycles. The zero-order chi connectivity index (χ0) is 15.1. The average molecular weight is 291 g/mol. The summed E-state index contributed by atoms with van der Waals surface area (Å²) in [5.41, 5.74) is 0. The van der Waals surface area contributed by atoms with E-state index >= 15 is 0 Å². The van der Waals surface area contributed by atoms with Gasteiger partial charge in [-0.05, 0) is 32.2 Å². The second-order valence-corrected chi connectivity index (χ2v) is 5.81. The van der Waals surface area contributed by atoms with Crippen molar-refractivity contribution in [3.63, 3.8) is 0 Å². The zero-order valence-electron chi connectivity index (χ0n) is 13.7. The maximum atomic E-state index is 4.64. The molecule has 118 valence electrons. The first-order valence-electron chi connectivity index (χ1n) is 8.29. The standard InChI is InChI=1S/C16H29N5/c1-4-6-14-19-15(17-3)12-16(20-14)18-13-7-10-21(9-5-2)11-8-13/h12-13H,4-11H2,1-3H3,(H2,17,18,19,20). The Kier molecular flexibility index (Phi) is 6.23. The molecule has 2 rings (SSSR count). The summed E-state index contributed by atoms with van der Waals surface area (Å²) >= 11 is 0. The Hall–Kier alpha value is -1.36. The Bertz CT molecular complexity index is 427. The van der Waals surface area contributed by atoms with Crippen LogP contribution < -0.4 is 10.6 Å². The maximum Gasteiger partial charge on any atom is 0.133 e. The number of aryl methyl sites for hydroxylation is 1. The molecule has 0 unspecified atom stereocenters. The van der Waals surface area contributed by atoms with Gasteiger partial charge in [0.1, 0.15) is 17.5 Å². The summed E-state index contributed by atoms with van der Waals surface area (Å²) in [4.78, 5) is 11.7. The van der Waals surface area contributed by atoms with Gasteiger partial charge in [-0.2, -0.15) is 0 Å². The summed E-state index contributed by atoms with van der Waals surface area (Å²) < 4.78 is 0. The van der Waals surface area contributed by atoms with Crippen LogP contribution in [0.3, 0.4) is 0 Å². The predicted molar refractivity (Wildman–Crippen MR) is 88.9 cm³/mol. The third-order valence-corrected chi connectivity index (χ3v) is 3.98. The van der Waals surface area contributed by atoms with Crippen molar-refractivity contribution < 1.29 is 0 Å². The molecule has 0 amide bonds. The van der Waals surface area contributed by atoms with Crippen LogP contribution in [0.2, 0.25) is 0 Å². The number of aromatic nitrogens is 2. The monoisotopic (exact) mass is 291 g/mol. The molecule has 0 aromatic carbocycles. The SMILES string of the molecule is CCCc1nc(NC)cc(NC2CCN(CCC)CC2)n1. The molecule has 2 N–H and O–H groups in total. The number of piperidine rings is 1. The predicted octanol–water partition coefficient (Wildman–Crippen LogP) is 2.76. The number of anilines is 2. The van der Waals surface area contributed by atoms with Gasteiger partial charge in [0.05, 0.1) is 0 Å². The Morgan fingerprint density at radius 1 is 1.14 bits per heavy atom. The molecule has 0 aliphatic carbocycles. The smallest absolute Gasteiger partial charge is 0.133 e. The fourth-order valence-electron chi connectivity index (χ4n) is 2.86. The van der Waals surface area contributed by atoms with Gasteiger partial charge in [-0.1, -0.05) is 13.8 Å². The molecule has 1 aromatic rings. The molecule has 5 nitrogen and oxygen atoms in total. The van der Waals surface area contributed by atoms with E-state index < -0.39 is 0 Å². The summed E-state index contributed by atoms with van der Waals surface area (Å²) in [6.45, 7) is 8.02. The minimum absolute atomic E-state index is 0.534. The quantitative estimate of drug-likeness (QED) is 0.809. The van der Waals surface area contributed by atoms with Crippen LogP contribution in [0.15, 0.2) is 6.07 Å². The summed E-state index contributed by atoms with van der Waals surface area (Å²) in [6.07, 6.45) is 5.64. The Morgan fingerprint density at radius 2 is 1.86 bits per heavy atom. The first-order valence-corrected chi connectivity index (χ1v) is 8.29. The van der Waals surface area contributed by atoms with Gasteiger partial charge in [0, 0.05) is 38.7 Å². The maximum absolute atomic E-state index is 4.64. The van der Waals surface area contributed by atoms with Crippen molar-refractivity contribution in [2.45, 2.75) is 52.0 Å². The molecule has 0 bridgehead atoms. The largest absolute Gasteiger partial charge is 0.373 e. The summed E-state index contributed by atoms with van der Waals surface area (Å²) in [5, 5.41) is 6.73. The van der Waals surface area contributed by atoms with Crippen molar-refractivity contribution in [2.24, 2.45) is 0 Å². The molecule has 0 saturated carbocycles. The lowest BCUT2D eigenvalue weighted by Crippen LogP contribution is -2.39. The molecule has 0 spiro atoms. The molecule has 2 heterocycles. The highest BCUT2D eigenvalue weighted by Gasteiger charge is 2.19. The van der Waals surface area contributed by atoms with E-state index in [1.807, 2.05) is 13.1 Å².